The number of ether oxygens (including phenoxy) is 1. The molecule has 216 valence electrons. The van der Waals surface area contributed by atoms with Crippen molar-refractivity contribution < 1.29 is 23.1 Å². The van der Waals surface area contributed by atoms with Crippen molar-refractivity contribution in [3.63, 3.8) is 0 Å². The second kappa shape index (κ2) is 12.4. The molecule has 0 bridgehead atoms. The van der Waals surface area contributed by atoms with Crippen LogP contribution in [0.2, 0.25) is 10.0 Å². The Morgan fingerprint density at radius 2 is 2.00 bits per heavy atom. The quantitative estimate of drug-likeness (QED) is 0.378. The minimum absolute atomic E-state index is 0.124. The van der Waals surface area contributed by atoms with E-state index in [1.165, 1.54) is 17.1 Å². The largest absolute Gasteiger partial charge is 0.486 e. The third-order valence-electron chi connectivity index (χ3n) is 6.82. The highest BCUT2D eigenvalue weighted by atomic mass is 35.5. The van der Waals surface area contributed by atoms with Gasteiger partial charge in [-0.1, -0.05) is 42.3 Å². The van der Waals surface area contributed by atoms with Crippen molar-refractivity contribution in [2.24, 2.45) is 13.0 Å². The normalized spacial score (nSPS) is 18.6. The molecule has 40 heavy (non-hydrogen) atoms. The number of aliphatic hydroxyl groups excluding tert-OH is 1. The predicted molar refractivity (Wildman–Crippen MR) is 154 cm³/mol. The summed E-state index contributed by atoms with van der Waals surface area (Å²) in [6.45, 7) is 4.87. The van der Waals surface area contributed by atoms with Gasteiger partial charge < -0.3 is 19.3 Å². The summed E-state index contributed by atoms with van der Waals surface area (Å²) in [4.78, 5) is 21.3. The van der Waals surface area contributed by atoms with Gasteiger partial charge in [-0.3, -0.25) is 14.4 Å². The third kappa shape index (κ3) is 6.72. The zero-order chi connectivity index (χ0) is 29.2. The molecule has 1 aliphatic heterocycles. The molecule has 1 aromatic heterocycles. The maximum Gasteiger partial charge on any atom is 0.281 e. The number of nitrogens with one attached hydrogen (secondary N) is 1. The number of rotatable bonds is 9. The number of halogens is 2. The molecular formula is C27H33Cl2N5O5S. The number of para-hydroxylation sites is 1. The Kier molecular flexibility index (Phi) is 9.31. The molecule has 3 atom stereocenters. The van der Waals surface area contributed by atoms with E-state index in [1.54, 1.807) is 43.1 Å². The van der Waals surface area contributed by atoms with Crippen molar-refractivity contribution in [1.82, 2.24) is 19.4 Å². The summed E-state index contributed by atoms with van der Waals surface area (Å²) in [7, 11) is -0.454. The number of benzene rings is 2. The molecular weight excluding hydrogens is 577 g/mol. The molecule has 1 amide bonds. The zero-order valence-corrected chi connectivity index (χ0v) is 25.0. The number of aryl methyl sites for hydroxylation is 1. The molecule has 0 saturated heterocycles. The number of sulfonamides is 1. The monoisotopic (exact) mass is 609 g/mol. The molecule has 2 heterocycles. The van der Waals surface area contributed by atoms with Crippen LogP contribution in [0.3, 0.4) is 0 Å². The fourth-order valence-corrected chi connectivity index (χ4v) is 5.95. The molecule has 0 unspecified atom stereocenters. The summed E-state index contributed by atoms with van der Waals surface area (Å²) in [5.41, 5.74) is 1.29. The van der Waals surface area contributed by atoms with E-state index in [4.69, 9.17) is 27.9 Å². The highest BCUT2D eigenvalue weighted by molar-refractivity contribution is 7.92. The highest BCUT2D eigenvalue weighted by Crippen LogP contribution is 2.36. The summed E-state index contributed by atoms with van der Waals surface area (Å²) in [5, 5.41) is 10.7. The van der Waals surface area contributed by atoms with Gasteiger partial charge in [-0.05, 0) is 43.8 Å². The van der Waals surface area contributed by atoms with Gasteiger partial charge in [-0.25, -0.2) is 4.98 Å². The highest BCUT2D eigenvalue weighted by Gasteiger charge is 2.35. The molecule has 0 spiro atoms. The molecule has 3 aromatic rings. The number of carbonyl (C=O) groups excluding carboxylic acids is 1. The fourth-order valence-electron chi connectivity index (χ4n) is 4.59. The molecule has 2 aromatic carbocycles. The average molecular weight is 611 g/mol. The second-order valence-electron chi connectivity index (χ2n) is 10.2. The summed E-state index contributed by atoms with van der Waals surface area (Å²) >= 11 is 12.3. The van der Waals surface area contributed by atoms with Gasteiger partial charge in [0.2, 0.25) is 0 Å². The van der Waals surface area contributed by atoms with Crippen molar-refractivity contribution in [1.29, 1.82) is 0 Å². The van der Waals surface area contributed by atoms with Gasteiger partial charge in [0.25, 0.3) is 15.9 Å². The van der Waals surface area contributed by atoms with Gasteiger partial charge in [-0.2, -0.15) is 8.42 Å². The lowest BCUT2D eigenvalue weighted by Crippen LogP contribution is -2.49. The van der Waals surface area contributed by atoms with Crippen molar-refractivity contribution in [2.45, 2.75) is 37.6 Å². The minimum atomic E-state index is -4.06. The van der Waals surface area contributed by atoms with Crippen LogP contribution >= 0.6 is 23.2 Å². The van der Waals surface area contributed by atoms with Crippen LogP contribution in [0.15, 0.2) is 53.9 Å². The molecule has 2 N–H and O–H groups in total. The van der Waals surface area contributed by atoms with E-state index in [9.17, 15) is 18.3 Å². The van der Waals surface area contributed by atoms with Gasteiger partial charge in [-0.15, -0.1) is 0 Å². The lowest BCUT2D eigenvalue weighted by molar-refractivity contribution is 0.0344. The van der Waals surface area contributed by atoms with Crippen LogP contribution in [0.1, 0.15) is 29.8 Å². The first-order valence-corrected chi connectivity index (χ1v) is 15.0. The summed E-state index contributed by atoms with van der Waals surface area (Å²) in [5.74, 6) is -0.394. The van der Waals surface area contributed by atoms with Gasteiger partial charge >= 0.3 is 0 Å². The third-order valence-corrected chi connectivity index (χ3v) is 8.81. The van der Waals surface area contributed by atoms with Crippen LogP contribution in [-0.4, -0.2) is 77.7 Å². The van der Waals surface area contributed by atoms with Crippen molar-refractivity contribution in [3.8, 4) is 5.75 Å². The first kappa shape index (κ1) is 30.1. The summed E-state index contributed by atoms with van der Waals surface area (Å²) in [6, 6.07) is 9.74. The number of carbonyl (C=O) groups is 1. The fraction of sp³-hybridized carbons (Fsp3) is 0.407. The van der Waals surface area contributed by atoms with Crippen LogP contribution in [0.4, 0.5) is 5.69 Å². The average Bonchev–Trinajstić information content (AvgIpc) is 3.35. The Bertz CT molecular complexity index is 1480. The summed E-state index contributed by atoms with van der Waals surface area (Å²) in [6.07, 6.45) is 2.34. The van der Waals surface area contributed by atoms with E-state index in [2.05, 4.69) is 14.6 Å². The number of hydrogen-bond donors (Lipinski definition) is 2. The Morgan fingerprint density at radius 3 is 2.65 bits per heavy atom. The van der Waals surface area contributed by atoms with Crippen LogP contribution in [0, 0.1) is 5.92 Å². The number of nitrogens with zero attached hydrogens (tertiary/aromatic N) is 4. The van der Waals surface area contributed by atoms with E-state index in [-0.39, 0.29) is 40.5 Å². The maximum atomic E-state index is 13.7. The van der Waals surface area contributed by atoms with Crippen molar-refractivity contribution in [3.05, 3.63) is 70.1 Å². The van der Waals surface area contributed by atoms with Gasteiger partial charge in [0.05, 0.1) is 40.3 Å². The van der Waals surface area contributed by atoms with Crippen molar-refractivity contribution >= 4 is 44.8 Å². The van der Waals surface area contributed by atoms with Crippen LogP contribution in [0.5, 0.6) is 5.75 Å². The Morgan fingerprint density at radius 1 is 1.25 bits per heavy atom. The lowest BCUT2D eigenvalue weighted by atomic mass is 9.99. The van der Waals surface area contributed by atoms with E-state index < -0.39 is 22.2 Å². The van der Waals surface area contributed by atoms with E-state index >= 15 is 0 Å². The number of likely N-dealkylation sites (N-methyl/N-ethyl adjacent to an activating group) is 1. The number of anilines is 1. The molecule has 1 aliphatic rings. The van der Waals surface area contributed by atoms with Gasteiger partial charge in [0.15, 0.2) is 10.8 Å². The SMILES string of the molecule is C[C@@H]1CN([C@H](C)CO)C(=O)c2cccc(NS(=O)(=O)c3cn(C)cn3)c2O[C@H]1CN(C)Cc1ccc(Cl)c(Cl)c1. The molecule has 13 heteroatoms. The first-order valence-electron chi connectivity index (χ1n) is 12.7. The number of aromatic nitrogens is 2. The van der Waals surface area contributed by atoms with Crippen LogP contribution in [-0.2, 0) is 23.6 Å². The Balaban J connectivity index is 1.69. The van der Waals surface area contributed by atoms with E-state index in [0.29, 0.717) is 29.7 Å². The van der Waals surface area contributed by atoms with E-state index in [1.807, 2.05) is 26.1 Å². The number of fused-ring (bicyclic) bond motifs is 1. The van der Waals surface area contributed by atoms with Crippen LogP contribution < -0.4 is 9.46 Å². The smallest absolute Gasteiger partial charge is 0.281 e. The topological polar surface area (TPSA) is 117 Å². The van der Waals surface area contributed by atoms with E-state index in [0.717, 1.165) is 5.56 Å². The molecule has 4 rings (SSSR count). The molecule has 0 aliphatic carbocycles. The summed E-state index contributed by atoms with van der Waals surface area (Å²) < 4.78 is 36.8. The van der Waals surface area contributed by atoms with Crippen LogP contribution in [0.25, 0.3) is 0 Å². The second-order valence-corrected chi connectivity index (χ2v) is 12.7. The minimum Gasteiger partial charge on any atom is -0.486 e. The number of imidazole rings is 1. The number of hydrogen-bond acceptors (Lipinski definition) is 7. The molecule has 0 radical (unpaired) electrons. The number of aliphatic hydroxyl groups is 1. The number of amides is 1. The zero-order valence-electron chi connectivity index (χ0n) is 22.7. The Labute approximate surface area is 244 Å². The van der Waals surface area contributed by atoms with Gasteiger partial charge in [0, 0.05) is 38.8 Å². The predicted octanol–water partition coefficient (Wildman–Crippen LogP) is 3.88. The molecule has 0 fully saturated rings. The molecule has 0 saturated carbocycles. The maximum absolute atomic E-state index is 13.7. The first-order chi connectivity index (χ1) is 18.9. The lowest BCUT2D eigenvalue weighted by Gasteiger charge is -2.38. The Hall–Kier alpha value is -2.83. The van der Waals surface area contributed by atoms with Gasteiger partial charge in [0.1, 0.15) is 6.10 Å². The molecule has 10 nitrogen and oxygen atoms in total. The standard InChI is InChI=1S/C27H33Cl2N5O5S/c1-17-11-34(18(2)15-35)27(36)20-6-5-7-23(31-40(37,38)25-14-33(4)16-30-25)26(20)39-24(17)13-32(3)12-19-8-9-21(28)22(29)10-19/h5-10,14,16-18,24,31,35H,11-13,15H2,1-4H3/t17-,18-,24+/m1/s1. The van der Waals surface area contributed by atoms with Crippen molar-refractivity contribution in [2.75, 3.05) is 31.5 Å².